The van der Waals surface area contributed by atoms with Gasteiger partial charge in [0.25, 0.3) is 0 Å². The summed E-state index contributed by atoms with van der Waals surface area (Å²) in [6.45, 7) is 15.3. The Morgan fingerprint density at radius 1 is 1.47 bits per heavy atom. The molecule has 0 radical (unpaired) electrons. The van der Waals surface area contributed by atoms with Crippen LogP contribution in [0.15, 0.2) is 6.07 Å². The first-order chi connectivity index (χ1) is 8.98. The molecule has 2 rings (SSSR count). The van der Waals surface area contributed by atoms with E-state index < -0.39 is 0 Å². The number of aromatic nitrogens is 2. The van der Waals surface area contributed by atoms with E-state index >= 15 is 0 Å². The van der Waals surface area contributed by atoms with Gasteiger partial charge >= 0.3 is 0 Å². The van der Waals surface area contributed by atoms with Crippen molar-refractivity contribution in [1.29, 1.82) is 0 Å². The van der Waals surface area contributed by atoms with E-state index in [0.29, 0.717) is 6.04 Å². The molecule has 2 unspecified atom stereocenters. The van der Waals surface area contributed by atoms with Gasteiger partial charge in [-0.2, -0.15) is 5.10 Å². The average Bonchev–Trinajstić information content (AvgIpc) is 2.74. The van der Waals surface area contributed by atoms with Gasteiger partial charge in [0.15, 0.2) is 0 Å². The third kappa shape index (κ3) is 3.00. The number of hydrogen-bond donors (Lipinski definition) is 1. The van der Waals surface area contributed by atoms with Crippen molar-refractivity contribution in [2.45, 2.75) is 65.7 Å². The molecule has 1 fully saturated rings. The molecule has 1 aromatic rings. The molecule has 1 N–H and O–H groups in total. The second kappa shape index (κ2) is 5.63. The van der Waals surface area contributed by atoms with Crippen LogP contribution >= 0.6 is 0 Å². The molecule has 1 saturated heterocycles. The molecule has 0 aromatic carbocycles. The van der Waals surface area contributed by atoms with E-state index in [-0.39, 0.29) is 5.54 Å². The van der Waals surface area contributed by atoms with Gasteiger partial charge in [-0.05, 0) is 40.2 Å². The lowest BCUT2D eigenvalue weighted by Gasteiger charge is -2.47. The van der Waals surface area contributed by atoms with Crippen LogP contribution in [-0.4, -0.2) is 39.4 Å². The van der Waals surface area contributed by atoms with E-state index in [2.05, 4.69) is 60.7 Å². The Kier molecular flexibility index (Phi) is 4.31. The van der Waals surface area contributed by atoms with Crippen molar-refractivity contribution in [3.8, 4) is 0 Å². The Labute approximate surface area is 117 Å². The van der Waals surface area contributed by atoms with Gasteiger partial charge in [-0.15, -0.1) is 0 Å². The molecule has 1 aliphatic heterocycles. The second-order valence-corrected chi connectivity index (χ2v) is 6.11. The molecular weight excluding hydrogens is 236 g/mol. The lowest BCUT2D eigenvalue weighted by atomic mass is 9.92. The smallest absolute Gasteiger partial charge is 0.0597 e. The van der Waals surface area contributed by atoms with Gasteiger partial charge < -0.3 is 5.32 Å². The Morgan fingerprint density at radius 3 is 2.84 bits per heavy atom. The van der Waals surface area contributed by atoms with Crippen LogP contribution in [0.25, 0.3) is 0 Å². The summed E-state index contributed by atoms with van der Waals surface area (Å²) in [7, 11) is 0. The number of aryl methyl sites for hydroxylation is 2. The van der Waals surface area contributed by atoms with Gasteiger partial charge in [-0.3, -0.25) is 9.58 Å². The SMILES string of the molecule is CCn1nc(C)cc1CN1CC(C)NCC1(C)CC. The Hall–Kier alpha value is -0.870. The second-order valence-electron chi connectivity index (χ2n) is 6.11. The van der Waals surface area contributed by atoms with Crippen LogP contribution < -0.4 is 5.32 Å². The first-order valence-electron chi connectivity index (χ1n) is 7.50. The molecular formula is C15H28N4. The minimum absolute atomic E-state index is 0.253. The van der Waals surface area contributed by atoms with Gasteiger partial charge in [0, 0.05) is 37.8 Å². The van der Waals surface area contributed by atoms with Crippen molar-refractivity contribution in [1.82, 2.24) is 20.0 Å². The highest BCUT2D eigenvalue weighted by Crippen LogP contribution is 2.25. The Morgan fingerprint density at radius 2 is 2.21 bits per heavy atom. The van der Waals surface area contributed by atoms with Crippen LogP contribution in [0.1, 0.15) is 45.5 Å². The highest BCUT2D eigenvalue weighted by molar-refractivity contribution is 5.10. The maximum atomic E-state index is 4.56. The first-order valence-corrected chi connectivity index (χ1v) is 7.50. The van der Waals surface area contributed by atoms with Crippen LogP contribution in [0, 0.1) is 6.92 Å². The van der Waals surface area contributed by atoms with Crippen molar-refractivity contribution < 1.29 is 0 Å². The number of nitrogens with zero attached hydrogens (tertiary/aromatic N) is 3. The zero-order valence-corrected chi connectivity index (χ0v) is 13.0. The van der Waals surface area contributed by atoms with Crippen molar-refractivity contribution in [3.63, 3.8) is 0 Å². The van der Waals surface area contributed by atoms with Gasteiger partial charge in [-0.1, -0.05) is 6.92 Å². The average molecular weight is 264 g/mol. The summed E-state index contributed by atoms with van der Waals surface area (Å²) in [5.41, 5.74) is 2.72. The Balaban J connectivity index is 2.18. The van der Waals surface area contributed by atoms with Crippen molar-refractivity contribution >= 4 is 0 Å². The lowest BCUT2D eigenvalue weighted by Crippen LogP contribution is -2.62. The first kappa shape index (κ1) is 14.5. The van der Waals surface area contributed by atoms with Crippen LogP contribution in [0.3, 0.4) is 0 Å². The van der Waals surface area contributed by atoms with Gasteiger partial charge in [0.05, 0.1) is 11.4 Å². The summed E-state index contributed by atoms with van der Waals surface area (Å²) in [5, 5.41) is 8.17. The topological polar surface area (TPSA) is 33.1 Å². The largest absolute Gasteiger partial charge is 0.311 e. The summed E-state index contributed by atoms with van der Waals surface area (Å²) >= 11 is 0. The summed E-state index contributed by atoms with van der Waals surface area (Å²) in [4.78, 5) is 2.62. The molecule has 0 spiro atoms. The minimum Gasteiger partial charge on any atom is -0.311 e. The maximum Gasteiger partial charge on any atom is 0.0597 e. The van der Waals surface area contributed by atoms with E-state index in [1.807, 2.05) is 0 Å². The molecule has 0 aliphatic carbocycles. The zero-order chi connectivity index (χ0) is 14.0. The summed E-state index contributed by atoms with van der Waals surface area (Å²) < 4.78 is 2.14. The third-order valence-electron chi connectivity index (χ3n) is 4.49. The number of piperazine rings is 1. The Bertz CT molecular complexity index is 426. The standard InChI is InChI=1S/C15H28N4/c1-6-15(5)11-16-13(4)9-18(15)10-14-8-12(3)17-19(14)7-2/h8,13,16H,6-7,9-11H2,1-5H3. The number of rotatable bonds is 4. The molecule has 2 heterocycles. The number of nitrogens with one attached hydrogen (secondary N) is 1. The van der Waals surface area contributed by atoms with Crippen LogP contribution in [-0.2, 0) is 13.1 Å². The fourth-order valence-electron chi connectivity index (χ4n) is 2.92. The molecule has 0 amide bonds. The van der Waals surface area contributed by atoms with E-state index in [9.17, 15) is 0 Å². The molecule has 108 valence electrons. The quantitative estimate of drug-likeness (QED) is 0.905. The zero-order valence-electron chi connectivity index (χ0n) is 13.0. The van der Waals surface area contributed by atoms with Crippen LogP contribution in [0.5, 0.6) is 0 Å². The highest BCUT2D eigenvalue weighted by atomic mass is 15.3. The number of hydrogen-bond acceptors (Lipinski definition) is 3. The minimum atomic E-state index is 0.253. The molecule has 4 heteroatoms. The van der Waals surface area contributed by atoms with Gasteiger partial charge in [0.2, 0.25) is 0 Å². The lowest BCUT2D eigenvalue weighted by molar-refractivity contribution is 0.0430. The molecule has 0 bridgehead atoms. The molecule has 1 aliphatic rings. The monoisotopic (exact) mass is 264 g/mol. The predicted octanol–water partition coefficient (Wildman–Crippen LogP) is 2.17. The van der Waals surface area contributed by atoms with E-state index in [1.165, 1.54) is 12.1 Å². The van der Waals surface area contributed by atoms with Crippen LogP contribution in [0.4, 0.5) is 0 Å². The van der Waals surface area contributed by atoms with Crippen LogP contribution in [0.2, 0.25) is 0 Å². The van der Waals surface area contributed by atoms with Crippen molar-refractivity contribution in [2.24, 2.45) is 0 Å². The highest BCUT2D eigenvalue weighted by Gasteiger charge is 2.35. The molecule has 19 heavy (non-hydrogen) atoms. The third-order valence-corrected chi connectivity index (χ3v) is 4.49. The summed E-state index contributed by atoms with van der Waals surface area (Å²) in [5.74, 6) is 0. The fourth-order valence-corrected chi connectivity index (χ4v) is 2.92. The molecule has 2 atom stereocenters. The van der Waals surface area contributed by atoms with E-state index in [4.69, 9.17) is 0 Å². The summed E-state index contributed by atoms with van der Waals surface area (Å²) in [6.07, 6.45) is 1.17. The fraction of sp³-hybridized carbons (Fsp3) is 0.800. The predicted molar refractivity (Wildman–Crippen MR) is 79.2 cm³/mol. The van der Waals surface area contributed by atoms with Gasteiger partial charge in [-0.25, -0.2) is 0 Å². The van der Waals surface area contributed by atoms with E-state index in [1.54, 1.807) is 0 Å². The summed E-state index contributed by atoms with van der Waals surface area (Å²) in [6, 6.07) is 2.80. The normalized spacial score (nSPS) is 28.8. The van der Waals surface area contributed by atoms with Gasteiger partial charge in [0.1, 0.15) is 0 Å². The van der Waals surface area contributed by atoms with Crippen molar-refractivity contribution in [3.05, 3.63) is 17.5 Å². The molecule has 4 nitrogen and oxygen atoms in total. The molecule has 0 saturated carbocycles. The molecule has 1 aromatic heterocycles. The van der Waals surface area contributed by atoms with Crippen molar-refractivity contribution in [2.75, 3.05) is 13.1 Å². The van der Waals surface area contributed by atoms with E-state index in [0.717, 1.165) is 31.9 Å². The maximum absolute atomic E-state index is 4.56.